The molecule has 1 atom stereocenters. The van der Waals surface area contributed by atoms with Crippen molar-refractivity contribution in [1.82, 2.24) is 0 Å². The molecule has 0 bridgehead atoms. The summed E-state index contributed by atoms with van der Waals surface area (Å²) < 4.78 is 6.53. The standard InChI is InChI=1S/C13H18Br2O/c1-2-16-8-7-12(10-14)9-11-3-5-13(15)6-4-11/h3-6,12H,2,7-10H2,1H3. The van der Waals surface area contributed by atoms with E-state index in [9.17, 15) is 0 Å². The summed E-state index contributed by atoms with van der Waals surface area (Å²) in [5.41, 5.74) is 1.39. The summed E-state index contributed by atoms with van der Waals surface area (Å²) in [5.74, 6) is 0.660. The van der Waals surface area contributed by atoms with Crippen LogP contribution >= 0.6 is 31.9 Å². The molecule has 0 radical (unpaired) electrons. The molecule has 0 amide bonds. The van der Waals surface area contributed by atoms with Crippen molar-refractivity contribution in [1.29, 1.82) is 0 Å². The van der Waals surface area contributed by atoms with E-state index in [0.717, 1.165) is 35.9 Å². The molecular formula is C13H18Br2O. The van der Waals surface area contributed by atoms with E-state index in [1.807, 2.05) is 6.92 Å². The first kappa shape index (κ1) is 14.2. The molecule has 0 fully saturated rings. The lowest BCUT2D eigenvalue weighted by molar-refractivity contribution is 0.134. The molecule has 0 saturated heterocycles. The number of hydrogen-bond acceptors (Lipinski definition) is 1. The lowest BCUT2D eigenvalue weighted by atomic mass is 9.98. The first-order valence-corrected chi connectivity index (χ1v) is 7.55. The first-order valence-electron chi connectivity index (χ1n) is 5.64. The second-order valence-electron chi connectivity index (χ2n) is 3.84. The molecule has 90 valence electrons. The largest absolute Gasteiger partial charge is 0.382 e. The lowest BCUT2D eigenvalue weighted by Gasteiger charge is -2.13. The van der Waals surface area contributed by atoms with Gasteiger partial charge in [0.25, 0.3) is 0 Å². The molecule has 0 N–H and O–H groups in total. The van der Waals surface area contributed by atoms with Crippen LogP contribution in [0.1, 0.15) is 18.9 Å². The van der Waals surface area contributed by atoms with Crippen LogP contribution in [0.25, 0.3) is 0 Å². The maximum atomic E-state index is 5.39. The van der Waals surface area contributed by atoms with Gasteiger partial charge in [-0.05, 0) is 43.4 Å². The van der Waals surface area contributed by atoms with Crippen LogP contribution in [0.5, 0.6) is 0 Å². The van der Waals surface area contributed by atoms with Crippen molar-refractivity contribution in [2.75, 3.05) is 18.5 Å². The number of rotatable bonds is 7. The van der Waals surface area contributed by atoms with Gasteiger partial charge in [-0.15, -0.1) is 0 Å². The predicted molar refractivity (Wildman–Crippen MR) is 76.2 cm³/mol. The van der Waals surface area contributed by atoms with Crippen LogP contribution in [0, 0.1) is 5.92 Å². The molecule has 0 saturated carbocycles. The molecule has 0 aliphatic heterocycles. The van der Waals surface area contributed by atoms with E-state index in [-0.39, 0.29) is 0 Å². The highest BCUT2D eigenvalue weighted by molar-refractivity contribution is 9.10. The summed E-state index contributed by atoms with van der Waals surface area (Å²) in [6, 6.07) is 8.56. The smallest absolute Gasteiger partial charge is 0.0468 e. The van der Waals surface area contributed by atoms with E-state index >= 15 is 0 Å². The van der Waals surface area contributed by atoms with Crippen LogP contribution in [0.2, 0.25) is 0 Å². The number of hydrogen-bond donors (Lipinski definition) is 0. The summed E-state index contributed by atoms with van der Waals surface area (Å²) in [4.78, 5) is 0. The minimum Gasteiger partial charge on any atom is -0.382 e. The number of benzene rings is 1. The fourth-order valence-corrected chi connectivity index (χ4v) is 2.40. The zero-order valence-electron chi connectivity index (χ0n) is 9.59. The van der Waals surface area contributed by atoms with Crippen molar-refractivity contribution in [3.63, 3.8) is 0 Å². The van der Waals surface area contributed by atoms with Gasteiger partial charge in [0.2, 0.25) is 0 Å². The quantitative estimate of drug-likeness (QED) is 0.522. The zero-order chi connectivity index (χ0) is 11.8. The predicted octanol–water partition coefficient (Wildman–Crippen LogP) is 4.43. The van der Waals surface area contributed by atoms with Crippen molar-refractivity contribution in [2.45, 2.75) is 19.8 Å². The van der Waals surface area contributed by atoms with Gasteiger partial charge in [0.15, 0.2) is 0 Å². The second kappa shape index (κ2) is 8.26. The normalized spacial score (nSPS) is 12.7. The van der Waals surface area contributed by atoms with Crippen LogP contribution in [-0.2, 0) is 11.2 Å². The van der Waals surface area contributed by atoms with Crippen LogP contribution in [0.4, 0.5) is 0 Å². The van der Waals surface area contributed by atoms with Gasteiger partial charge in [-0.2, -0.15) is 0 Å². The Bertz CT molecular complexity index is 284. The third kappa shape index (κ3) is 5.46. The van der Waals surface area contributed by atoms with Gasteiger partial charge in [-0.1, -0.05) is 44.0 Å². The summed E-state index contributed by atoms with van der Waals surface area (Å²) in [6.45, 7) is 3.72. The van der Waals surface area contributed by atoms with E-state index < -0.39 is 0 Å². The molecule has 0 aliphatic carbocycles. The van der Waals surface area contributed by atoms with Gasteiger partial charge in [0.05, 0.1) is 0 Å². The van der Waals surface area contributed by atoms with Gasteiger partial charge in [-0.25, -0.2) is 0 Å². The third-order valence-corrected chi connectivity index (χ3v) is 3.97. The maximum Gasteiger partial charge on any atom is 0.0468 e. The molecule has 0 spiro atoms. The Hall–Kier alpha value is 0.140. The molecule has 1 aromatic rings. The minimum atomic E-state index is 0.660. The molecule has 1 nitrogen and oxygen atoms in total. The summed E-state index contributed by atoms with van der Waals surface area (Å²) >= 11 is 7.03. The van der Waals surface area contributed by atoms with Gasteiger partial charge >= 0.3 is 0 Å². The van der Waals surface area contributed by atoms with Crippen LogP contribution in [0.15, 0.2) is 28.7 Å². The van der Waals surface area contributed by atoms with E-state index in [4.69, 9.17) is 4.74 Å². The lowest BCUT2D eigenvalue weighted by Crippen LogP contribution is -2.10. The first-order chi connectivity index (χ1) is 7.76. The Morgan fingerprint density at radius 1 is 1.25 bits per heavy atom. The minimum absolute atomic E-state index is 0.660. The third-order valence-electron chi connectivity index (χ3n) is 2.53. The average molecular weight is 350 g/mol. The highest BCUT2D eigenvalue weighted by atomic mass is 79.9. The van der Waals surface area contributed by atoms with Gasteiger partial charge in [0.1, 0.15) is 0 Å². The molecular weight excluding hydrogens is 332 g/mol. The van der Waals surface area contributed by atoms with Gasteiger partial charge in [0, 0.05) is 23.0 Å². The number of halogens is 2. The summed E-state index contributed by atoms with van der Waals surface area (Å²) in [6.07, 6.45) is 2.24. The SMILES string of the molecule is CCOCCC(CBr)Cc1ccc(Br)cc1. The van der Waals surface area contributed by atoms with Crippen LogP contribution in [-0.4, -0.2) is 18.5 Å². The molecule has 0 aliphatic rings. The van der Waals surface area contributed by atoms with Crippen LogP contribution < -0.4 is 0 Å². The molecule has 3 heteroatoms. The van der Waals surface area contributed by atoms with Crippen molar-refractivity contribution < 1.29 is 4.74 Å². The summed E-state index contributed by atoms with van der Waals surface area (Å²) in [7, 11) is 0. The van der Waals surface area contributed by atoms with Crippen molar-refractivity contribution >= 4 is 31.9 Å². The number of alkyl halides is 1. The molecule has 0 heterocycles. The van der Waals surface area contributed by atoms with E-state index in [0.29, 0.717) is 5.92 Å². The Kier molecular flexibility index (Phi) is 7.33. The number of ether oxygens (including phenoxy) is 1. The van der Waals surface area contributed by atoms with Gasteiger partial charge in [-0.3, -0.25) is 0 Å². The Labute approximate surface area is 115 Å². The maximum absolute atomic E-state index is 5.39. The Balaban J connectivity index is 2.40. The molecule has 1 aromatic carbocycles. The van der Waals surface area contributed by atoms with Crippen molar-refractivity contribution in [2.24, 2.45) is 5.92 Å². The zero-order valence-corrected chi connectivity index (χ0v) is 12.8. The Morgan fingerprint density at radius 2 is 1.94 bits per heavy atom. The monoisotopic (exact) mass is 348 g/mol. The van der Waals surface area contributed by atoms with E-state index in [1.54, 1.807) is 0 Å². The molecule has 1 rings (SSSR count). The highest BCUT2D eigenvalue weighted by Gasteiger charge is 2.08. The van der Waals surface area contributed by atoms with Gasteiger partial charge < -0.3 is 4.74 Å². The fourth-order valence-electron chi connectivity index (χ4n) is 1.58. The van der Waals surface area contributed by atoms with E-state index in [1.165, 1.54) is 5.56 Å². The topological polar surface area (TPSA) is 9.23 Å². The Morgan fingerprint density at radius 3 is 2.50 bits per heavy atom. The highest BCUT2D eigenvalue weighted by Crippen LogP contribution is 2.17. The molecule has 1 unspecified atom stereocenters. The van der Waals surface area contributed by atoms with Crippen molar-refractivity contribution in [3.05, 3.63) is 34.3 Å². The average Bonchev–Trinajstić information content (AvgIpc) is 2.31. The molecule has 16 heavy (non-hydrogen) atoms. The second-order valence-corrected chi connectivity index (χ2v) is 5.40. The summed E-state index contributed by atoms with van der Waals surface area (Å²) in [5, 5.41) is 1.04. The van der Waals surface area contributed by atoms with Crippen molar-refractivity contribution in [3.8, 4) is 0 Å². The van der Waals surface area contributed by atoms with Crippen LogP contribution in [0.3, 0.4) is 0 Å². The van der Waals surface area contributed by atoms with E-state index in [2.05, 4.69) is 56.1 Å². The molecule has 0 aromatic heterocycles. The fraction of sp³-hybridized carbons (Fsp3) is 0.538.